The van der Waals surface area contributed by atoms with Crippen molar-refractivity contribution < 1.29 is 33.8 Å². The fourth-order valence-electron chi connectivity index (χ4n) is 7.89. The molecule has 7 atom stereocenters. The smallest absolute Gasteiger partial charge is 0.313 e. The molecule has 6 rings (SSSR count). The van der Waals surface area contributed by atoms with Gasteiger partial charge < -0.3 is 29.3 Å². The third-order valence-electron chi connectivity index (χ3n) is 10.6. The van der Waals surface area contributed by atoms with Crippen LogP contribution in [0.2, 0.25) is 0 Å². The van der Waals surface area contributed by atoms with Crippen molar-refractivity contribution in [1.29, 1.82) is 0 Å². The van der Waals surface area contributed by atoms with Crippen LogP contribution in [0.1, 0.15) is 62.7 Å². The fraction of sp³-hybridized carbons (Fsp3) is 0.487. The summed E-state index contributed by atoms with van der Waals surface area (Å²) < 4.78 is 13.6. The number of carbonyl (C=O) groups is 4. The maximum atomic E-state index is 14.9. The highest BCUT2D eigenvalue weighted by atomic mass is 79.9. The van der Waals surface area contributed by atoms with Crippen LogP contribution in [0.5, 0.6) is 0 Å². The number of benzene rings is 2. The maximum absolute atomic E-state index is 14.9. The fourth-order valence-corrected chi connectivity index (χ4v) is 8.62. The van der Waals surface area contributed by atoms with E-state index in [1.807, 2.05) is 85.8 Å². The van der Waals surface area contributed by atoms with E-state index >= 15 is 0 Å². The highest BCUT2D eigenvalue weighted by Gasteiger charge is 2.75. The summed E-state index contributed by atoms with van der Waals surface area (Å²) in [5.41, 5.74) is 0.285. The SMILES string of the molecule is C[C@@H]1[C@@H](c2ccccc2)OC(=O)[C@@H]2[C@H]3O[C@@]4(C=C3Br)[C@H](C(=O)N(Cc3ccccc3)C/C=C\CCC(=O)N1C)N(CCCCCCO)C(=O)[C@@H]24. The quantitative estimate of drug-likeness (QED) is 0.220. The number of likely N-dealkylation sites (tertiary alicyclic amines) is 1. The molecule has 50 heavy (non-hydrogen) atoms. The first kappa shape index (κ1) is 36.0. The van der Waals surface area contributed by atoms with Crippen LogP contribution in [0, 0.1) is 11.8 Å². The number of amides is 3. The Balaban J connectivity index is 1.42. The van der Waals surface area contributed by atoms with Crippen molar-refractivity contribution in [2.45, 2.75) is 81.9 Å². The Kier molecular flexibility index (Phi) is 11.2. The molecule has 0 aliphatic carbocycles. The first-order valence-corrected chi connectivity index (χ1v) is 18.4. The van der Waals surface area contributed by atoms with E-state index in [1.165, 1.54) is 0 Å². The minimum atomic E-state index is -1.38. The van der Waals surface area contributed by atoms with Gasteiger partial charge in [0.1, 0.15) is 29.8 Å². The minimum absolute atomic E-state index is 0.0985. The Morgan fingerprint density at radius 2 is 1.60 bits per heavy atom. The average molecular weight is 749 g/mol. The van der Waals surface area contributed by atoms with Crippen LogP contribution in [0.3, 0.4) is 0 Å². The van der Waals surface area contributed by atoms with Gasteiger partial charge in [-0.15, -0.1) is 0 Å². The van der Waals surface area contributed by atoms with Crippen LogP contribution in [0.15, 0.2) is 83.4 Å². The van der Waals surface area contributed by atoms with Crippen LogP contribution in [-0.2, 0) is 35.2 Å². The predicted octanol–water partition coefficient (Wildman–Crippen LogP) is 4.92. The number of nitrogens with zero attached hydrogens (tertiary/aromatic N) is 3. The molecule has 0 radical (unpaired) electrons. The summed E-state index contributed by atoms with van der Waals surface area (Å²) in [4.78, 5) is 62.4. The first-order valence-electron chi connectivity index (χ1n) is 17.6. The number of halogens is 1. The number of allylic oxidation sites excluding steroid dienone is 1. The molecule has 1 spiro atoms. The molecule has 10 nitrogen and oxygen atoms in total. The summed E-state index contributed by atoms with van der Waals surface area (Å²) in [6.45, 7) is 2.83. The Morgan fingerprint density at radius 1 is 0.900 bits per heavy atom. The van der Waals surface area contributed by atoms with Crippen molar-refractivity contribution in [1.82, 2.24) is 14.7 Å². The predicted molar refractivity (Wildman–Crippen MR) is 190 cm³/mol. The number of cyclic esters (lactones) is 1. The van der Waals surface area contributed by atoms with Crippen molar-refractivity contribution in [3.63, 3.8) is 0 Å². The molecule has 3 amide bonds. The van der Waals surface area contributed by atoms with E-state index < -0.39 is 47.7 Å². The molecule has 266 valence electrons. The van der Waals surface area contributed by atoms with E-state index in [4.69, 9.17) is 9.47 Å². The molecule has 4 aliphatic rings. The largest absolute Gasteiger partial charge is 0.455 e. The zero-order valence-electron chi connectivity index (χ0n) is 28.7. The van der Waals surface area contributed by atoms with Crippen LogP contribution in [-0.4, -0.2) is 94.0 Å². The second-order valence-electron chi connectivity index (χ2n) is 13.7. The summed E-state index contributed by atoms with van der Waals surface area (Å²) in [5, 5.41) is 9.30. The van der Waals surface area contributed by atoms with Crippen molar-refractivity contribution >= 4 is 39.6 Å². The molecule has 4 heterocycles. The first-order chi connectivity index (χ1) is 24.2. The number of unbranched alkanes of at least 4 members (excludes halogenated alkanes) is 3. The van der Waals surface area contributed by atoms with Gasteiger partial charge >= 0.3 is 5.97 Å². The highest BCUT2D eigenvalue weighted by molar-refractivity contribution is 9.11. The van der Waals surface area contributed by atoms with Crippen molar-refractivity contribution in [2.24, 2.45) is 11.8 Å². The number of rotatable bonds is 9. The van der Waals surface area contributed by atoms with Gasteiger partial charge in [-0.1, -0.05) is 102 Å². The lowest BCUT2D eigenvalue weighted by Crippen LogP contribution is -2.55. The lowest BCUT2D eigenvalue weighted by Gasteiger charge is -2.36. The number of ether oxygens (including phenoxy) is 2. The molecule has 11 heteroatoms. The van der Waals surface area contributed by atoms with Gasteiger partial charge in [0.05, 0.1) is 12.0 Å². The van der Waals surface area contributed by atoms with E-state index in [0.717, 1.165) is 24.0 Å². The standard InChI is InChI=1S/C39H46BrN3O7/c1-26-33(28-18-10-6-11-19-28)49-38(48)31-32-36(46)43(22-14-3-4-15-23-44)35(39(32)24-29(40)34(31)50-39)37(47)42(25-27-16-8-5-9-17-27)21-13-7-12-20-30(45)41(26)2/h5-11,13,16-19,24,26,31-35,44H,3-4,12,14-15,20-23,25H2,1-2H3/b13-7-/t26-,31+,32-,33+,34+,35+,39-/m1/s1. The summed E-state index contributed by atoms with van der Waals surface area (Å²) in [5.74, 6) is -3.26. The third kappa shape index (κ3) is 6.92. The number of aliphatic hydroxyl groups is 1. The lowest BCUT2D eigenvalue weighted by molar-refractivity contribution is -0.164. The molecule has 2 aromatic rings. The van der Waals surface area contributed by atoms with Gasteiger partial charge in [0.25, 0.3) is 0 Å². The normalized spacial score (nSPS) is 30.8. The van der Waals surface area contributed by atoms with Crippen molar-refractivity contribution in [3.05, 3.63) is 94.5 Å². The van der Waals surface area contributed by atoms with Gasteiger partial charge in [-0.05, 0) is 43.4 Å². The highest BCUT2D eigenvalue weighted by Crippen LogP contribution is 2.59. The summed E-state index contributed by atoms with van der Waals surface area (Å²) >= 11 is 3.64. The summed E-state index contributed by atoms with van der Waals surface area (Å²) in [6.07, 6.45) is 7.63. The molecule has 1 N–H and O–H groups in total. The minimum Gasteiger partial charge on any atom is -0.455 e. The molecule has 2 aromatic carbocycles. The molecule has 0 saturated carbocycles. The van der Waals surface area contributed by atoms with Gasteiger partial charge in [0.15, 0.2) is 0 Å². The molecule has 0 unspecified atom stereocenters. The van der Waals surface area contributed by atoms with E-state index in [0.29, 0.717) is 36.8 Å². The van der Waals surface area contributed by atoms with Crippen molar-refractivity contribution in [2.75, 3.05) is 26.7 Å². The summed E-state index contributed by atoms with van der Waals surface area (Å²) in [7, 11) is 1.72. The Morgan fingerprint density at radius 3 is 2.32 bits per heavy atom. The number of hydrogen-bond donors (Lipinski definition) is 1. The van der Waals surface area contributed by atoms with Crippen LogP contribution in [0.4, 0.5) is 0 Å². The second kappa shape index (κ2) is 15.6. The maximum Gasteiger partial charge on any atom is 0.313 e. The molecule has 4 aliphatic heterocycles. The Labute approximate surface area is 302 Å². The number of likely N-dealkylation sites (N-methyl/N-ethyl adjacent to an activating group) is 1. The van der Waals surface area contributed by atoms with Gasteiger partial charge in [-0.3, -0.25) is 19.2 Å². The molecular weight excluding hydrogens is 702 g/mol. The van der Waals surface area contributed by atoms with Gasteiger partial charge in [0.2, 0.25) is 17.7 Å². The monoisotopic (exact) mass is 747 g/mol. The number of hydrogen-bond acceptors (Lipinski definition) is 7. The third-order valence-corrected chi connectivity index (χ3v) is 11.3. The van der Waals surface area contributed by atoms with E-state index in [-0.39, 0.29) is 37.3 Å². The van der Waals surface area contributed by atoms with Gasteiger partial charge in [-0.25, -0.2) is 0 Å². The zero-order chi connectivity index (χ0) is 35.4. The Hall–Kier alpha value is -3.80. The molecule has 2 fully saturated rings. The molecule has 0 aromatic heterocycles. The topological polar surface area (TPSA) is 117 Å². The molecule has 2 saturated heterocycles. The van der Waals surface area contributed by atoms with Crippen LogP contribution < -0.4 is 0 Å². The summed E-state index contributed by atoms with van der Waals surface area (Å²) in [6, 6.07) is 17.5. The number of aliphatic hydroxyl groups excluding tert-OH is 1. The number of carbonyl (C=O) groups excluding carboxylic acids is 4. The average Bonchev–Trinajstić information content (AvgIpc) is 3.72. The number of fused-ring (bicyclic) bond motifs is 2. The molecule has 5 bridgehead atoms. The Bertz CT molecular complexity index is 1620. The molecular formula is C39H46BrN3O7. The second-order valence-corrected chi connectivity index (χ2v) is 14.6. The van der Waals surface area contributed by atoms with Crippen molar-refractivity contribution in [3.8, 4) is 0 Å². The number of esters is 1. The van der Waals surface area contributed by atoms with Gasteiger partial charge in [-0.2, -0.15) is 0 Å². The van der Waals surface area contributed by atoms with E-state index in [1.54, 1.807) is 21.7 Å². The van der Waals surface area contributed by atoms with Gasteiger partial charge in [0, 0.05) is 44.2 Å². The van der Waals surface area contributed by atoms with E-state index in [2.05, 4.69) is 15.9 Å². The van der Waals surface area contributed by atoms with Crippen LogP contribution in [0.25, 0.3) is 0 Å². The van der Waals surface area contributed by atoms with Crippen LogP contribution >= 0.6 is 15.9 Å². The lowest BCUT2D eigenvalue weighted by atomic mass is 9.74. The zero-order valence-corrected chi connectivity index (χ0v) is 30.2. The van der Waals surface area contributed by atoms with E-state index in [9.17, 15) is 24.3 Å².